The fraction of sp³-hybridized carbons (Fsp3) is 0.833. The van der Waals surface area contributed by atoms with E-state index >= 15 is 0 Å². The summed E-state index contributed by atoms with van der Waals surface area (Å²) in [7, 11) is 3.18. The molecule has 0 heterocycles. The number of nitrogens with zero attached hydrogens (tertiary/aromatic N) is 1. The van der Waals surface area contributed by atoms with Crippen LogP contribution in [0.5, 0.6) is 0 Å². The Morgan fingerprint density at radius 2 is 0.795 bits per heavy atom. The lowest BCUT2D eigenvalue weighted by Gasteiger charge is -2.08. The van der Waals surface area contributed by atoms with Crippen molar-refractivity contribution in [1.82, 2.24) is 0 Å². The topological polar surface area (TPSA) is 176 Å². The van der Waals surface area contributed by atoms with Gasteiger partial charge < -0.3 is 52.6 Å². The third-order valence-electron chi connectivity index (χ3n) is 4.37. The van der Waals surface area contributed by atoms with Gasteiger partial charge in [-0.1, -0.05) is 5.16 Å². The van der Waals surface area contributed by atoms with Gasteiger partial charge in [-0.05, 0) is 0 Å². The maximum Gasteiger partial charge on any atom is 0.315 e. The SMILES string of the molecule is COCCOCCOCCOCCC(=O)OC(=O)CC/C(=N/O)OC(=O)CCOCCOCCOCCOC. The molecule has 0 saturated carbocycles. The van der Waals surface area contributed by atoms with Crippen molar-refractivity contribution in [3.8, 4) is 0 Å². The predicted molar refractivity (Wildman–Crippen MR) is 134 cm³/mol. The molecule has 39 heavy (non-hydrogen) atoms. The summed E-state index contributed by atoms with van der Waals surface area (Å²) in [4.78, 5) is 35.3. The second-order valence-corrected chi connectivity index (χ2v) is 7.47. The van der Waals surface area contributed by atoms with Gasteiger partial charge in [0.1, 0.15) is 0 Å². The first-order valence-corrected chi connectivity index (χ1v) is 12.6. The average molecular weight is 570 g/mol. The van der Waals surface area contributed by atoms with E-state index in [1.165, 1.54) is 0 Å². The Labute approximate surface area is 228 Å². The van der Waals surface area contributed by atoms with Crippen LogP contribution in [-0.2, 0) is 61.8 Å². The minimum Gasteiger partial charge on any atom is -0.408 e. The summed E-state index contributed by atoms with van der Waals surface area (Å²) < 4.78 is 50.8. The lowest BCUT2D eigenvalue weighted by molar-refractivity contribution is -0.160. The molecule has 0 aliphatic rings. The molecule has 0 bridgehead atoms. The highest BCUT2D eigenvalue weighted by Gasteiger charge is 2.15. The molecule has 0 saturated heterocycles. The van der Waals surface area contributed by atoms with Crippen LogP contribution in [0.25, 0.3) is 0 Å². The third-order valence-corrected chi connectivity index (χ3v) is 4.37. The first kappa shape index (κ1) is 36.8. The van der Waals surface area contributed by atoms with Crippen LogP contribution in [0, 0.1) is 0 Å². The summed E-state index contributed by atoms with van der Waals surface area (Å²) in [5.41, 5.74) is 0. The normalized spacial score (nSPS) is 11.5. The number of rotatable bonds is 27. The summed E-state index contributed by atoms with van der Waals surface area (Å²) in [5, 5.41) is 11.8. The van der Waals surface area contributed by atoms with Crippen molar-refractivity contribution in [2.75, 3.05) is 107 Å². The van der Waals surface area contributed by atoms with E-state index in [9.17, 15) is 14.4 Å². The van der Waals surface area contributed by atoms with Crippen molar-refractivity contribution < 1.29 is 67.0 Å². The van der Waals surface area contributed by atoms with E-state index in [2.05, 4.69) is 9.89 Å². The summed E-state index contributed by atoms with van der Waals surface area (Å²) in [6, 6.07) is 0. The van der Waals surface area contributed by atoms with Crippen LogP contribution >= 0.6 is 0 Å². The molecule has 15 heteroatoms. The molecule has 0 rings (SSSR count). The molecule has 0 unspecified atom stereocenters. The molecule has 0 aliphatic carbocycles. The Bertz CT molecular complexity index is 646. The number of esters is 3. The fourth-order valence-corrected chi connectivity index (χ4v) is 2.42. The van der Waals surface area contributed by atoms with Gasteiger partial charge in [0.2, 0.25) is 5.90 Å². The number of methoxy groups -OCH3 is 2. The second-order valence-electron chi connectivity index (χ2n) is 7.47. The Hall–Kier alpha value is -2.24. The molecule has 15 nitrogen and oxygen atoms in total. The quantitative estimate of drug-likeness (QED) is 0.0272. The number of hydrogen-bond donors (Lipinski definition) is 1. The monoisotopic (exact) mass is 569 g/mol. The standard InChI is InChI=1S/C24H43NO14/c1-30-9-11-34-17-19-36-15-13-32-7-5-23(27)38-21(25-29)3-4-22(26)39-24(28)6-8-33-14-16-37-20-18-35-12-10-31-2/h29H,3-20H2,1-2H3/b25-21-. The lowest BCUT2D eigenvalue weighted by Crippen LogP contribution is -2.19. The number of hydrogen-bond acceptors (Lipinski definition) is 15. The number of carbonyl (C=O) groups excluding carboxylic acids is 3. The minimum absolute atomic E-state index is 0.0538. The molecule has 1 N–H and O–H groups in total. The van der Waals surface area contributed by atoms with E-state index in [1.54, 1.807) is 14.2 Å². The molecule has 0 amide bonds. The van der Waals surface area contributed by atoms with Crippen LogP contribution in [0.15, 0.2) is 5.16 Å². The molecular weight excluding hydrogens is 526 g/mol. The number of oxime groups is 1. The predicted octanol–water partition coefficient (Wildman–Crippen LogP) is 0.340. The van der Waals surface area contributed by atoms with Gasteiger partial charge in [-0.15, -0.1) is 0 Å². The molecule has 0 radical (unpaired) electrons. The van der Waals surface area contributed by atoms with Crippen molar-refractivity contribution in [2.24, 2.45) is 5.16 Å². The van der Waals surface area contributed by atoms with E-state index in [1.807, 2.05) is 0 Å². The number of carbonyl (C=O) groups is 3. The smallest absolute Gasteiger partial charge is 0.315 e. The zero-order chi connectivity index (χ0) is 28.8. The molecule has 0 aliphatic heterocycles. The van der Waals surface area contributed by atoms with Gasteiger partial charge in [0.25, 0.3) is 0 Å². The summed E-state index contributed by atoms with van der Waals surface area (Å²) >= 11 is 0. The van der Waals surface area contributed by atoms with Gasteiger partial charge in [-0.25, -0.2) is 0 Å². The van der Waals surface area contributed by atoms with E-state index < -0.39 is 17.9 Å². The first-order chi connectivity index (χ1) is 19.0. The van der Waals surface area contributed by atoms with Crippen molar-refractivity contribution in [3.63, 3.8) is 0 Å². The van der Waals surface area contributed by atoms with Crippen LogP contribution in [0.3, 0.4) is 0 Å². The molecule has 0 aromatic heterocycles. The minimum atomic E-state index is -0.860. The van der Waals surface area contributed by atoms with E-state index in [0.29, 0.717) is 66.1 Å². The van der Waals surface area contributed by atoms with E-state index in [-0.39, 0.29) is 58.0 Å². The van der Waals surface area contributed by atoms with Crippen molar-refractivity contribution in [1.29, 1.82) is 0 Å². The molecular formula is C24H43NO14. The molecule has 228 valence electrons. The first-order valence-electron chi connectivity index (χ1n) is 12.6. The van der Waals surface area contributed by atoms with Crippen LogP contribution in [0.2, 0.25) is 0 Å². The molecule has 0 aromatic rings. The average Bonchev–Trinajstić information content (AvgIpc) is 2.92. The van der Waals surface area contributed by atoms with Crippen molar-refractivity contribution in [3.05, 3.63) is 0 Å². The Morgan fingerprint density at radius 1 is 0.462 bits per heavy atom. The zero-order valence-corrected chi connectivity index (χ0v) is 22.9. The molecule has 0 atom stereocenters. The number of ether oxygens (including phenoxy) is 10. The highest BCUT2D eigenvalue weighted by molar-refractivity contribution is 5.91. The van der Waals surface area contributed by atoms with Crippen LogP contribution < -0.4 is 0 Å². The van der Waals surface area contributed by atoms with Crippen LogP contribution in [0.4, 0.5) is 0 Å². The fourth-order valence-electron chi connectivity index (χ4n) is 2.42. The van der Waals surface area contributed by atoms with Crippen molar-refractivity contribution in [2.45, 2.75) is 25.7 Å². The van der Waals surface area contributed by atoms with Crippen molar-refractivity contribution >= 4 is 23.8 Å². The Balaban J connectivity index is 3.70. The maximum absolute atomic E-state index is 11.8. The molecule has 0 spiro atoms. The second kappa shape index (κ2) is 28.8. The van der Waals surface area contributed by atoms with Crippen LogP contribution in [-0.4, -0.2) is 136 Å². The largest absolute Gasteiger partial charge is 0.408 e. The summed E-state index contributed by atoms with van der Waals surface area (Å²) in [6.45, 7) is 5.07. The summed E-state index contributed by atoms with van der Waals surface area (Å²) in [5.74, 6) is -2.72. The Morgan fingerprint density at radius 3 is 1.18 bits per heavy atom. The van der Waals surface area contributed by atoms with Gasteiger partial charge in [-0.2, -0.15) is 0 Å². The highest BCUT2D eigenvalue weighted by atomic mass is 16.6. The maximum atomic E-state index is 11.8. The van der Waals surface area contributed by atoms with Gasteiger partial charge in [0, 0.05) is 20.6 Å². The van der Waals surface area contributed by atoms with Gasteiger partial charge in [0.15, 0.2) is 0 Å². The lowest BCUT2D eigenvalue weighted by atomic mass is 10.3. The highest BCUT2D eigenvalue weighted by Crippen LogP contribution is 2.02. The molecule has 0 fully saturated rings. The summed E-state index contributed by atoms with van der Waals surface area (Å²) in [6.07, 6.45) is -0.800. The zero-order valence-electron chi connectivity index (χ0n) is 22.9. The van der Waals surface area contributed by atoms with E-state index in [0.717, 1.165) is 0 Å². The van der Waals surface area contributed by atoms with Crippen LogP contribution in [0.1, 0.15) is 25.7 Å². The van der Waals surface area contributed by atoms with Gasteiger partial charge in [0.05, 0.1) is 112 Å². The third kappa shape index (κ3) is 27.1. The molecule has 0 aromatic carbocycles. The Kier molecular flexibility index (Phi) is 27.1. The van der Waals surface area contributed by atoms with Gasteiger partial charge in [-0.3, -0.25) is 14.4 Å². The van der Waals surface area contributed by atoms with E-state index in [4.69, 9.17) is 47.8 Å². The van der Waals surface area contributed by atoms with Gasteiger partial charge >= 0.3 is 17.9 Å².